The van der Waals surface area contributed by atoms with E-state index in [0.29, 0.717) is 12.0 Å². The smallest absolute Gasteiger partial charge is 0.222 e. The van der Waals surface area contributed by atoms with Crippen LogP contribution >= 0.6 is 0 Å². The minimum atomic E-state index is 0.311. The van der Waals surface area contributed by atoms with Gasteiger partial charge in [0.2, 0.25) is 5.88 Å². The van der Waals surface area contributed by atoms with E-state index >= 15 is 0 Å². The average Bonchev–Trinajstić information content (AvgIpc) is 2.46. The molecule has 4 nitrogen and oxygen atoms in total. The van der Waals surface area contributed by atoms with Gasteiger partial charge in [-0.05, 0) is 31.1 Å². The first-order valence-corrected chi connectivity index (χ1v) is 7.85. The summed E-state index contributed by atoms with van der Waals surface area (Å²) in [4.78, 5) is 8.68. The molecule has 0 spiro atoms. The molecule has 1 aromatic heterocycles. The maximum atomic E-state index is 6.23. The van der Waals surface area contributed by atoms with Gasteiger partial charge in [0.15, 0.2) is 0 Å². The lowest BCUT2D eigenvalue weighted by atomic mass is 9.85. The molecule has 0 aromatic carbocycles. The fourth-order valence-corrected chi connectivity index (χ4v) is 3.07. The fourth-order valence-electron chi connectivity index (χ4n) is 3.07. The van der Waals surface area contributed by atoms with Crippen LogP contribution in [0.3, 0.4) is 0 Å². The molecule has 1 aromatic rings. The molecule has 1 heterocycles. The van der Waals surface area contributed by atoms with Crippen LogP contribution in [0.5, 0.6) is 5.88 Å². The highest BCUT2D eigenvalue weighted by atomic mass is 16.5. The number of hydrogen-bond donors (Lipinski definition) is 1. The molecule has 1 fully saturated rings. The summed E-state index contributed by atoms with van der Waals surface area (Å²) in [5.74, 6) is 2.80. The highest BCUT2D eigenvalue weighted by molar-refractivity contribution is 5.50. The zero-order chi connectivity index (χ0) is 14.5. The van der Waals surface area contributed by atoms with E-state index in [0.717, 1.165) is 36.0 Å². The normalized spacial score (nSPS) is 22.9. The van der Waals surface area contributed by atoms with Crippen LogP contribution in [0.4, 0.5) is 5.82 Å². The van der Waals surface area contributed by atoms with Gasteiger partial charge >= 0.3 is 0 Å². The molecule has 4 heteroatoms. The third kappa shape index (κ3) is 3.41. The van der Waals surface area contributed by atoms with Gasteiger partial charge in [-0.1, -0.05) is 33.6 Å². The standard InChI is InChI=1S/C16H27N3O/c1-5-12-7-6-8-13(9-12)20-16-14(11(2)3)15(17-4)18-10-19-16/h10-13H,5-9H2,1-4H3,(H,17,18,19). The molecule has 2 rings (SSSR count). The molecule has 0 saturated heterocycles. The van der Waals surface area contributed by atoms with Crippen molar-refractivity contribution in [2.75, 3.05) is 12.4 Å². The maximum absolute atomic E-state index is 6.23. The van der Waals surface area contributed by atoms with Crippen LogP contribution in [0.1, 0.15) is 64.4 Å². The zero-order valence-electron chi connectivity index (χ0n) is 13.1. The number of hydrogen-bond acceptors (Lipinski definition) is 4. The van der Waals surface area contributed by atoms with Crippen molar-refractivity contribution in [2.24, 2.45) is 5.92 Å². The van der Waals surface area contributed by atoms with Gasteiger partial charge in [0.1, 0.15) is 18.2 Å². The Balaban J connectivity index is 2.16. The zero-order valence-corrected chi connectivity index (χ0v) is 13.1. The summed E-state index contributed by atoms with van der Waals surface area (Å²) in [5.41, 5.74) is 1.09. The lowest BCUT2D eigenvalue weighted by molar-refractivity contribution is 0.115. The Labute approximate surface area is 122 Å². The van der Waals surface area contributed by atoms with Gasteiger partial charge in [0, 0.05) is 7.05 Å². The highest BCUT2D eigenvalue weighted by Gasteiger charge is 2.24. The van der Waals surface area contributed by atoms with Gasteiger partial charge < -0.3 is 10.1 Å². The van der Waals surface area contributed by atoms with E-state index in [4.69, 9.17) is 4.74 Å². The van der Waals surface area contributed by atoms with Crippen molar-refractivity contribution >= 4 is 5.82 Å². The molecule has 2 atom stereocenters. The highest BCUT2D eigenvalue weighted by Crippen LogP contribution is 2.34. The van der Waals surface area contributed by atoms with Crippen LogP contribution in [0, 0.1) is 5.92 Å². The van der Waals surface area contributed by atoms with Gasteiger partial charge in [0.05, 0.1) is 5.56 Å². The first-order chi connectivity index (χ1) is 9.65. The Morgan fingerprint density at radius 1 is 1.35 bits per heavy atom. The summed E-state index contributed by atoms with van der Waals surface area (Å²) in [7, 11) is 1.89. The Morgan fingerprint density at radius 2 is 2.15 bits per heavy atom. The lowest BCUT2D eigenvalue weighted by Crippen LogP contribution is -2.26. The SMILES string of the molecule is CCC1CCCC(Oc2ncnc(NC)c2C(C)C)C1. The van der Waals surface area contributed by atoms with Crippen molar-refractivity contribution in [1.29, 1.82) is 0 Å². The van der Waals surface area contributed by atoms with Crippen molar-refractivity contribution in [3.63, 3.8) is 0 Å². The summed E-state index contributed by atoms with van der Waals surface area (Å²) >= 11 is 0. The Bertz CT molecular complexity index is 434. The second-order valence-corrected chi connectivity index (χ2v) is 6.03. The van der Waals surface area contributed by atoms with E-state index < -0.39 is 0 Å². The van der Waals surface area contributed by atoms with Crippen LogP contribution in [0.25, 0.3) is 0 Å². The second-order valence-electron chi connectivity index (χ2n) is 6.03. The number of aromatic nitrogens is 2. The van der Waals surface area contributed by atoms with Crippen molar-refractivity contribution in [3.05, 3.63) is 11.9 Å². The van der Waals surface area contributed by atoms with E-state index in [-0.39, 0.29) is 0 Å². The van der Waals surface area contributed by atoms with E-state index in [9.17, 15) is 0 Å². The summed E-state index contributed by atoms with van der Waals surface area (Å²) in [5, 5.41) is 3.14. The van der Waals surface area contributed by atoms with Crippen LogP contribution in [-0.2, 0) is 0 Å². The Hall–Kier alpha value is -1.32. The molecule has 1 saturated carbocycles. The predicted octanol–water partition coefficient (Wildman–Crippen LogP) is 3.99. The average molecular weight is 277 g/mol. The fraction of sp³-hybridized carbons (Fsp3) is 0.750. The largest absolute Gasteiger partial charge is 0.474 e. The summed E-state index contributed by atoms with van der Waals surface area (Å²) in [6, 6.07) is 0. The molecule has 1 aliphatic carbocycles. The molecule has 0 aliphatic heterocycles. The molecule has 1 aliphatic rings. The molecule has 0 radical (unpaired) electrons. The minimum absolute atomic E-state index is 0.311. The minimum Gasteiger partial charge on any atom is -0.474 e. The third-order valence-corrected chi connectivity index (χ3v) is 4.25. The van der Waals surface area contributed by atoms with Crippen molar-refractivity contribution in [3.8, 4) is 5.88 Å². The molecule has 20 heavy (non-hydrogen) atoms. The number of anilines is 1. The third-order valence-electron chi connectivity index (χ3n) is 4.25. The number of rotatable bonds is 5. The van der Waals surface area contributed by atoms with E-state index in [1.807, 2.05) is 7.05 Å². The van der Waals surface area contributed by atoms with E-state index in [1.54, 1.807) is 6.33 Å². The van der Waals surface area contributed by atoms with Gasteiger partial charge in [-0.15, -0.1) is 0 Å². The number of ether oxygens (including phenoxy) is 1. The lowest BCUT2D eigenvalue weighted by Gasteiger charge is -2.29. The summed E-state index contributed by atoms with van der Waals surface area (Å²) in [6.07, 6.45) is 8.07. The number of nitrogens with zero attached hydrogens (tertiary/aromatic N) is 2. The van der Waals surface area contributed by atoms with Crippen molar-refractivity contribution in [2.45, 2.75) is 64.9 Å². The first kappa shape index (κ1) is 15.1. The van der Waals surface area contributed by atoms with Crippen LogP contribution < -0.4 is 10.1 Å². The topological polar surface area (TPSA) is 47.0 Å². The number of nitrogens with one attached hydrogen (secondary N) is 1. The quantitative estimate of drug-likeness (QED) is 0.884. The molecule has 2 unspecified atom stereocenters. The second kappa shape index (κ2) is 6.91. The molecular formula is C16H27N3O. The Morgan fingerprint density at radius 3 is 2.80 bits per heavy atom. The monoisotopic (exact) mass is 277 g/mol. The van der Waals surface area contributed by atoms with Crippen LogP contribution in [-0.4, -0.2) is 23.1 Å². The maximum Gasteiger partial charge on any atom is 0.222 e. The first-order valence-electron chi connectivity index (χ1n) is 7.85. The van der Waals surface area contributed by atoms with Gasteiger partial charge in [-0.25, -0.2) is 9.97 Å². The molecule has 1 N–H and O–H groups in total. The van der Waals surface area contributed by atoms with Crippen molar-refractivity contribution in [1.82, 2.24) is 9.97 Å². The van der Waals surface area contributed by atoms with E-state index in [1.165, 1.54) is 19.3 Å². The molecule has 0 amide bonds. The molecule has 0 bridgehead atoms. The van der Waals surface area contributed by atoms with Crippen molar-refractivity contribution < 1.29 is 4.74 Å². The molecule has 112 valence electrons. The van der Waals surface area contributed by atoms with Gasteiger partial charge in [-0.3, -0.25) is 0 Å². The van der Waals surface area contributed by atoms with Gasteiger partial charge in [0.25, 0.3) is 0 Å². The summed E-state index contributed by atoms with van der Waals surface area (Å²) in [6.45, 7) is 6.58. The van der Waals surface area contributed by atoms with Crippen LogP contribution in [0.2, 0.25) is 0 Å². The summed E-state index contributed by atoms with van der Waals surface area (Å²) < 4.78 is 6.23. The van der Waals surface area contributed by atoms with Gasteiger partial charge in [-0.2, -0.15) is 0 Å². The predicted molar refractivity (Wildman–Crippen MR) is 82.3 cm³/mol. The molecular weight excluding hydrogens is 250 g/mol. The van der Waals surface area contributed by atoms with E-state index in [2.05, 4.69) is 36.1 Å². The van der Waals surface area contributed by atoms with Crippen LogP contribution in [0.15, 0.2) is 6.33 Å². The Kier molecular flexibility index (Phi) is 5.21.